The lowest BCUT2D eigenvalue weighted by Gasteiger charge is -2.14. The van der Waals surface area contributed by atoms with Gasteiger partial charge in [-0.15, -0.1) is 0 Å². The number of hydrogen-bond donors (Lipinski definition) is 1. The third kappa shape index (κ3) is 1.74. The van der Waals surface area contributed by atoms with Gasteiger partial charge in [-0.3, -0.25) is 4.98 Å². The van der Waals surface area contributed by atoms with E-state index in [0.29, 0.717) is 0 Å². The molecule has 0 spiro atoms. The molecule has 3 saturated carbocycles. The molecule has 4 rings (SSSR count). The van der Waals surface area contributed by atoms with Crippen molar-refractivity contribution in [1.82, 2.24) is 10.3 Å². The number of nitrogens with one attached hydrogen (secondary N) is 1. The van der Waals surface area contributed by atoms with E-state index in [9.17, 15) is 0 Å². The minimum absolute atomic E-state index is 0.721. The molecule has 0 amide bonds. The first-order valence-electron chi connectivity index (χ1n) is 7.62. The minimum atomic E-state index is 0.721. The van der Waals surface area contributed by atoms with Crippen molar-refractivity contribution < 1.29 is 9.47 Å². The van der Waals surface area contributed by atoms with Crippen LogP contribution in [0.4, 0.5) is 0 Å². The van der Waals surface area contributed by atoms with Crippen molar-refractivity contribution in [2.75, 3.05) is 14.2 Å². The Bertz CT molecular complexity index is 503. The predicted octanol–water partition coefficient (Wildman–Crippen LogP) is 2.23. The van der Waals surface area contributed by atoms with Gasteiger partial charge in [-0.05, 0) is 42.9 Å². The molecule has 0 radical (unpaired) electrons. The summed E-state index contributed by atoms with van der Waals surface area (Å²) in [4.78, 5) is 4.44. The SMILES string of the molecule is COc1ccnc(CNC2C3C4CCC(C4)C23)c1OC. The van der Waals surface area contributed by atoms with Crippen molar-refractivity contribution in [3.05, 3.63) is 18.0 Å². The van der Waals surface area contributed by atoms with E-state index in [0.717, 1.165) is 53.5 Å². The second kappa shape index (κ2) is 4.62. The Kier molecular flexibility index (Phi) is 2.88. The Morgan fingerprint density at radius 3 is 2.60 bits per heavy atom. The zero-order chi connectivity index (χ0) is 13.7. The van der Waals surface area contributed by atoms with Gasteiger partial charge in [0.1, 0.15) is 0 Å². The van der Waals surface area contributed by atoms with Crippen LogP contribution in [0.25, 0.3) is 0 Å². The van der Waals surface area contributed by atoms with Crippen LogP contribution in [0.5, 0.6) is 11.5 Å². The van der Waals surface area contributed by atoms with Crippen LogP contribution in [-0.2, 0) is 6.54 Å². The first kappa shape index (κ1) is 12.5. The quantitative estimate of drug-likeness (QED) is 0.894. The average molecular weight is 274 g/mol. The molecule has 3 fully saturated rings. The maximum Gasteiger partial charge on any atom is 0.183 e. The molecule has 2 bridgehead atoms. The first-order valence-corrected chi connectivity index (χ1v) is 7.62. The second-order valence-electron chi connectivity index (χ2n) is 6.39. The highest BCUT2D eigenvalue weighted by molar-refractivity contribution is 5.42. The van der Waals surface area contributed by atoms with E-state index < -0.39 is 0 Å². The van der Waals surface area contributed by atoms with E-state index in [1.165, 1.54) is 19.3 Å². The summed E-state index contributed by atoms with van der Waals surface area (Å²) in [5.41, 5.74) is 0.948. The molecule has 3 aliphatic rings. The minimum Gasteiger partial charge on any atom is -0.493 e. The third-order valence-electron chi connectivity index (χ3n) is 5.61. The molecule has 4 heteroatoms. The van der Waals surface area contributed by atoms with Crippen molar-refractivity contribution in [3.63, 3.8) is 0 Å². The Morgan fingerprint density at radius 2 is 1.95 bits per heavy atom. The van der Waals surface area contributed by atoms with Gasteiger partial charge in [0.15, 0.2) is 11.5 Å². The van der Waals surface area contributed by atoms with Crippen LogP contribution in [-0.4, -0.2) is 25.2 Å². The van der Waals surface area contributed by atoms with Crippen LogP contribution in [0.15, 0.2) is 12.3 Å². The summed E-state index contributed by atoms with van der Waals surface area (Å²) in [7, 11) is 3.34. The summed E-state index contributed by atoms with van der Waals surface area (Å²) in [5, 5.41) is 3.70. The van der Waals surface area contributed by atoms with Gasteiger partial charge in [0.25, 0.3) is 0 Å². The molecule has 1 aromatic heterocycles. The lowest BCUT2D eigenvalue weighted by Crippen LogP contribution is -2.23. The Morgan fingerprint density at radius 1 is 1.20 bits per heavy atom. The molecule has 4 nitrogen and oxygen atoms in total. The molecular weight excluding hydrogens is 252 g/mol. The maximum atomic E-state index is 5.44. The van der Waals surface area contributed by atoms with Crippen LogP contribution in [0.3, 0.4) is 0 Å². The van der Waals surface area contributed by atoms with Crippen LogP contribution >= 0.6 is 0 Å². The van der Waals surface area contributed by atoms with Crippen molar-refractivity contribution in [1.29, 1.82) is 0 Å². The van der Waals surface area contributed by atoms with E-state index in [1.807, 2.05) is 6.07 Å². The molecule has 108 valence electrons. The van der Waals surface area contributed by atoms with Gasteiger partial charge in [0.05, 0.1) is 19.9 Å². The number of hydrogen-bond acceptors (Lipinski definition) is 4. The fourth-order valence-electron chi connectivity index (χ4n) is 4.79. The van der Waals surface area contributed by atoms with Gasteiger partial charge in [-0.2, -0.15) is 0 Å². The highest BCUT2D eigenvalue weighted by atomic mass is 16.5. The number of methoxy groups -OCH3 is 2. The number of rotatable bonds is 5. The number of nitrogens with zero attached hydrogens (tertiary/aromatic N) is 1. The van der Waals surface area contributed by atoms with Crippen LogP contribution in [0.1, 0.15) is 25.0 Å². The molecule has 1 heterocycles. The predicted molar refractivity (Wildman–Crippen MR) is 75.8 cm³/mol. The summed E-state index contributed by atoms with van der Waals surface area (Å²) in [5.74, 6) is 5.42. The van der Waals surface area contributed by atoms with E-state index in [1.54, 1.807) is 20.4 Å². The number of pyridine rings is 1. The summed E-state index contributed by atoms with van der Waals surface area (Å²) in [6, 6.07) is 2.56. The monoisotopic (exact) mass is 274 g/mol. The summed E-state index contributed by atoms with van der Waals surface area (Å²) in [6.07, 6.45) is 6.21. The molecule has 3 aliphatic carbocycles. The van der Waals surface area contributed by atoms with Crippen molar-refractivity contribution in [2.45, 2.75) is 31.8 Å². The molecule has 20 heavy (non-hydrogen) atoms. The molecule has 0 aliphatic heterocycles. The number of ether oxygens (including phenoxy) is 2. The van der Waals surface area contributed by atoms with Crippen LogP contribution in [0, 0.1) is 23.7 Å². The molecule has 1 aromatic rings. The van der Waals surface area contributed by atoms with Crippen LogP contribution < -0.4 is 14.8 Å². The van der Waals surface area contributed by atoms with Gasteiger partial charge in [0, 0.05) is 24.8 Å². The third-order valence-corrected chi connectivity index (χ3v) is 5.61. The number of fused-ring (bicyclic) bond motifs is 5. The first-order chi connectivity index (χ1) is 9.83. The molecule has 4 unspecified atom stereocenters. The summed E-state index contributed by atoms with van der Waals surface area (Å²) < 4.78 is 10.8. The lowest BCUT2D eigenvalue weighted by molar-refractivity contribution is 0.347. The van der Waals surface area contributed by atoms with Gasteiger partial charge in [0.2, 0.25) is 0 Å². The van der Waals surface area contributed by atoms with Crippen molar-refractivity contribution in [2.24, 2.45) is 23.7 Å². The fourth-order valence-corrected chi connectivity index (χ4v) is 4.79. The van der Waals surface area contributed by atoms with Gasteiger partial charge in [-0.25, -0.2) is 0 Å². The smallest absolute Gasteiger partial charge is 0.183 e. The molecule has 0 aromatic carbocycles. The fraction of sp³-hybridized carbons (Fsp3) is 0.688. The average Bonchev–Trinajstić information content (AvgIpc) is 2.87. The van der Waals surface area contributed by atoms with Crippen molar-refractivity contribution >= 4 is 0 Å². The van der Waals surface area contributed by atoms with E-state index in [-0.39, 0.29) is 0 Å². The second-order valence-corrected chi connectivity index (χ2v) is 6.39. The maximum absolute atomic E-state index is 5.44. The zero-order valence-corrected chi connectivity index (χ0v) is 12.1. The van der Waals surface area contributed by atoms with Gasteiger partial charge >= 0.3 is 0 Å². The summed E-state index contributed by atoms with van der Waals surface area (Å²) >= 11 is 0. The molecule has 4 atom stereocenters. The molecule has 0 saturated heterocycles. The largest absolute Gasteiger partial charge is 0.493 e. The standard InChI is InChI=1S/C16H22N2O2/c1-19-12-5-6-17-11(16(12)20-2)8-18-15-13-9-3-4-10(7-9)14(13)15/h5-6,9-10,13-15,18H,3-4,7-8H2,1-2H3. The van der Waals surface area contributed by atoms with Crippen LogP contribution in [0.2, 0.25) is 0 Å². The van der Waals surface area contributed by atoms with Gasteiger partial charge < -0.3 is 14.8 Å². The molecular formula is C16H22N2O2. The number of aromatic nitrogens is 1. The summed E-state index contributed by atoms with van der Waals surface area (Å²) in [6.45, 7) is 0.775. The Labute approximate surface area is 119 Å². The normalized spacial score (nSPS) is 36.8. The Balaban J connectivity index is 1.43. The van der Waals surface area contributed by atoms with E-state index >= 15 is 0 Å². The highest BCUT2D eigenvalue weighted by Crippen LogP contribution is 2.65. The van der Waals surface area contributed by atoms with E-state index in [2.05, 4.69) is 10.3 Å². The van der Waals surface area contributed by atoms with Gasteiger partial charge in [-0.1, -0.05) is 0 Å². The highest BCUT2D eigenvalue weighted by Gasteiger charge is 2.64. The Hall–Kier alpha value is -1.29. The zero-order valence-electron chi connectivity index (χ0n) is 12.1. The molecule has 1 N–H and O–H groups in total. The topological polar surface area (TPSA) is 43.4 Å². The van der Waals surface area contributed by atoms with Crippen molar-refractivity contribution in [3.8, 4) is 11.5 Å². The van der Waals surface area contributed by atoms with E-state index in [4.69, 9.17) is 9.47 Å². The lowest BCUT2D eigenvalue weighted by atomic mass is 10.0.